The minimum Gasteiger partial charge on any atom is -0.741 e. The fourth-order valence-electron chi connectivity index (χ4n) is 4.05. The molecule has 39 heavy (non-hydrogen) atoms. The minimum atomic E-state index is -6.09. The van der Waals surface area contributed by atoms with Gasteiger partial charge in [0.1, 0.15) is 0 Å². The predicted octanol–water partition coefficient (Wildman–Crippen LogP) is 7.07. The highest BCUT2D eigenvalue weighted by atomic mass is 32.2. The molecule has 0 aliphatic carbocycles. The van der Waals surface area contributed by atoms with E-state index in [0.29, 0.717) is 0 Å². The summed E-state index contributed by atoms with van der Waals surface area (Å²) in [5.41, 5.74) is 2.95. The largest absolute Gasteiger partial charge is 0.741 e. The average Bonchev–Trinajstić information content (AvgIpc) is 2.94. The van der Waals surface area contributed by atoms with Gasteiger partial charge in [-0.3, -0.25) is 0 Å². The molecule has 4 nitrogen and oxygen atoms in total. The van der Waals surface area contributed by atoms with Gasteiger partial charge in [0.2, 0.25) is 11.4 Å². The fraction of sp³-hybridized carbons (Fsp3) is 0.0645. The van der Waals surface area contributed by atoms with Crippen LogP contribution in [-0.4, -0.2) is 18.5 Å². The van der Waals surface area contributed by atoms with Crippen LogP contribution in [0.4, 0.5) is 13.2 Å². The third-order valence-electron chi connectivity index (χ3n) is 5.88. The Morgan fingerprint density at radius 1 is 0.564 bits per heavy atom. The molecule has 0 amide bonds. The summed E-state index contributed by atoms with van der Waals surface area (Å²) in [6, 6.07) is 47.3. The first-order valence-corrected chi connectivity index (χ1v) is 13.3. The van der Waals surface area contributed by atoms with Gasteiger partial charge in [-0.25, -0.2) is 8.42 Å². The highest BCUT2D eigenvalue weighted by molar-refractivity contribution is 7.86. The van der Waals surface area contributed by atoms with E-state index in [0.717, 1.165) is 6.54 Å². The molecule has 5 aromatic rings. The summed E-state index contributed by atoms with van der Waals surface area (Å²) < 4.78 is 61.3. The smallest absolute Gasteiger partial charge is 0.485 e. The molecule has 0 radical (unpaired) electrons. The summed E-state index contributed by atoms with van der Waals surface area (Å²) in [5, 5.41) is 0. The maximum Gasteiger partial charge on any atom is 0.485 e. The normalized spacial score (nSPS) is 11.4. The molecule has 1 aromatic heterocycles. The molecule has 1 heterocycles. The van der Waals surface area contributed by atoms with Crippen molar-refractivity contribution in [1.29, 1.82) is 0 Å². The van der Waals surface area contributed by atoms with Crippen LogP contribution >= 0.6 is 0 Å². The quantitative estimate of drug-likeness (QED) is 0.134. The lowest BCUT2D eigenvalue weighted by molar-refractivity contribution is -0.666. The molecule has 0 atom stereocenters. The van der Waals surface area contributed by atoms with E-state index in [1.165, 1.54) is 39.2 Å². The predicted molar refractivity (Wildman–Crippen MR) is 144 cm³/mol. The molecule has 0 saturated heterocycles. The monoisotopic (exact) mass is 547 g/mol. The second kappa shape index (κ2) is 12.1. The summed E-state index contributed by atoms with van der Waals surface area (Å²) in [6.07, 6.45) is 0. The Hall–Kier alpha value is -4.27. The molecule has 0 bridgehead atoms. The van der Waals surface area contributed by atoms with Crippen molar-refractivity contribution in [3.63, 3.8) is 0 Å². The molecule has 198 valence electrons. The van der Waals surface area contributed by atoms with Gasteiger partial charge in [-0.2, -0.15) is 17.7 Å². The molecule has 0 N–H and O–H groups in total. The Morgan fingerprint density at radius 2 is 0.897 bits per heavy atom. The van der Waals surface area contributed by atoms with Crippen LogP contribution in [0.25, 0.3) is 33.6 Å². The third kappa shape index (κ3) is 7.19. The summed E-state index contributed by atoms with van der Waals surface area (Å²) >= 11 is 0. The molecule has 0 unspecified atom stereocenters. The van der Waals surface area contributed by atoms with E-state index in [1.54, 1.807) is 0 Å². The van der Waals surface area contributed by atoms with Crippen LogP contribution < -0.4 is 4.57 Å². The summed E-state index contributed by atoms with van der Waals surface area (Å²) in [7, 11) is -6.09. The molecule has 0 spiro atoms. The number of nitrogens with zero attached hydrogens (tertiary/aromatic N) is 1. The van der Waals surface area contributed by atoms with Gasteiger partial charge < -0.3 is 4.55 Å². The molecule has 0 aliphatic rings. The lowest BCUT2D eigenvalue weighted by Crippen LogP contribution is -2.39. The van der Waals surface area contributed by atoms with Crippen molar-refractivity contribution in [2.45, 2.75) is 12.1 Å². The summed E-state index contributed by atoms with van der Waals surface area (Å²) in [6.45, 7) is 0.810. The van der Waals surface area contributed by atoms with Crippen molar-refractivity contribution >= 4 is 10.1 Å². The lowest BCUT2D eigenvalue weighted by atomic mass is 9.98. The molecule has 5 rings (SSSR count). The van der Waals surface area contributed by atoms with E-state index in [1.807, 2.05) is 0 Å². The Balaban J connectivity index is 0.000000386. The second-order valence-electron chi connectivity index (χ2n) is 8.58. The molecule has 4 aromatic carbocycles. The number of rotatable bonds is 5. The molecule has 0 fully saturated rings. The summed E-state index contributed by atoms with van der Waals surface area (Å²) in [4.78, 5) is 0. The molecular weight excluding hydrogens is 523 g/mol. The van der Waals surface area contributed by atoms with Crippen molar-refractivity contribution in [3.05, 3.63) is 139 Å². The van der Waals surface area contributed by atoms with Crippen LogP contribution in [0.3, 0.4) is 0 Å². The van der Waals surface area contributed by atoms with E-state index in [2.05, 4.69) is 138 Å². The fourth-order valence-corrected chi connectivity index (χ4v) is 4.05. The van der Waals surface area contributed by atoms with E-state index in [4.69, 9.17) is 13.0 Å². The van der Waals surface area contributed by atoms with Gasteiger partial charge >= 0.3 is 5.51 Å². The summed E-state index contributed by atoms with van der Waals surface area (Å²) in [5.74, 6) is 0. The van der Waals surface area contributed by atoms with Gasteiger partial charge in [0.15, 0.2) is 16.7 Å². The molecule has 0 aliphatic heterocycles. The van der Waals surface area contributed by atoms with Crippen LogP contribution in [0.5, 0.6) is 0 Å². The van der Waals surface area contributed by atoms with E-state index >= 15 is 0 Å². The minimum absolute atomic E-state index is 0.810. The van der Waals surface area contributed by atoms with Crippen LogP contribution in [0.15, 0.2) is 133 Å². The van der Waals surface area contributed by atoms with Crippen LogP contribution in [-0.2, 0) is 16.7 Å². The number of pyridine rings is 1. The number of halogens is 3. The van der Waals surface area contributed by atoms with Crippen molar-refractivity contribution in [1.82, 2.24) is 0 Å². The zero-order valence-electron chi connectivity index (χ0n) is 20.6. The number of alkyl halides is 3. The highest BCUT2D eigenvalue weighted by Gasteiger charge is 2.37. The van der Waals surface area contributed by atoms with Gasteiger partial charge in [-0.05, 0) is 35.4 Å². The zero-order chi connectivity index (χ0) is 27.9. The Bertz CT molecular complexity index is 1550. The highest BCUT2D eigenvalue weighted by Crippen LogP contribution is 2.29. The van der Waals surface area contributed by atoms with E-state index in [-0.39, 0.29) is 0 Å². The van der Waals surface area contributed by atoms with E-state index < -0.39 is 15.6 Å². The van der Waals surface area contributed by atoms with Crippen molar-refractivity contribution < 1.29 is 30.7 Å². The zero-order valence-corrected chi connectivity index (χ0v) is 21.4. The first kappa shape index (κ1) is 27.8. The Kier molecular flexibility index (Phi) is 8.59. The van der Waals surface area contributed by atoms with Gasteiger partial charge in [0.25, 0.3) is 0 Å². The molecule has 8 heteroatoms. The first-order chi connectivity index (χ1) is 18.6. The van der Waals surface area contributed by atoms with Gasteiger partial charge in [0.05, 0.1) is 0 Å². The standard InChI is InChI=1S/C30H24N.CHF3O3S/c1-5-13-24(14-6-1)23-31-29(26-17-9-3-10-18-26)21-28(25-15-7-2-8-16-25)22-30(31)27-19-11-4-12-20-27;2-1(3,4)8(5,6)7/h1-22H,23H2;(H,5,6,7)/q+1;/p-1. The number of hydrogen-bond acceptors (Lipinski definition) is 3. The SMILES string of the molecule is O=S(=O)([O-])C(F)(F)F.c1ccc(C[n+]2c(-c3ccccc3)cc(-c3ccccc3)cc2-c2ccccc2)cc1. The van der Waals surface area contributed by atoms with Crippen LogP contribution in [0.1, 0.15) is 5.56 Å². The average molecular weight is 548 g/mol. The molecule has 0 saturated carbocycles. The second-order valence-corrected chi connectivity index (χ2v) is 9.96. The van der Waals surface area contributed by atoms with Crippen LogP contribution in [0, 0.1) is 0 Å². The number of hydrogen-bond donors (Lipinski definition) is 0. The maximum atomic E-state index is 10.7. The van der Waals surface area contributed by atoms with E-state index in [9.17, 15) is 13.2 Å². The first-order valence-electron chi connectivity index (χ1n) is 11.9. The molecular formula is C31H24F3NO3S. The Labute approximate surface area is 225 Å². The van der Waals surface area contributed by atoms with Gasteiger partial charge in [-0.15, -0.1) is 0 Å². The number of aromatic nitrogens is 1. The van der Waals surface area contributed by atoms with Crippen molar-refractivity contribution in [3.8, 4) is 33.6 Å². The van der Waals surface area contributed by atoms with Crippen LogP contribution in [0.2, 0.25) is 0 Å². The third-order valence-corrected chi connectivity index (χ3v) is 6.45. The lowest BCUT2D eigenvalue weighted by Gasteiger charge is -2.13. The van der Waals surface area contributed by atoms with Crippen molar-refractivity contribution in [2.24, 2.45) is 0 Å². The topological polar surface area (TPSA) is 61.1 Å². The number of benzene rings is 4. The van der Waals surface area contributed by atoms with Gasteiger partial charge in [-0.1, -0.05) is 97.1 Å². The maximum absolute atomic E-state index is 10.7. The van der Waals surface area contributed by atoms with Gasteiger partial charge in [0, 0.05) is 28.8 Å². The van der Waals surface area contributed by atoms with Crippen molar-refractivity contribution in [2.75, 3.05) is 0 Å². The Morgan fingerprint density at radius 3 is 1.26 bits per heavy atom.